The minimum absolute atomic E-state index is 0.0336. The van der Waals surface area contributed by atoms with E-state index >= 15 is 0 Å². The summed E-state index contributed by atoms with van der Waals surface area (Å²) in [4.78, 5) is 16.8. The zero-order chi connectivity index (χ0) is 11.3. The second kappa shape index (κ2) is 5.34. The Hall–Kier alpha value is -1.58. The van der Waals surface area contributed by atoms with Crippen LogP contribution in [0.25, 0.3) is 0 Å². The van der Waals surface area contributed by atoms with Crippen molar-refractivity contribution in [2.45, 2.75) is 19.9 Å². The van der Waals surface area contributed by atoms with Crippen LogP contribution in [-0.2, 0) is 4.74 Å². The highest BCUT2D eigenvalue weighted by atomic mass is 16.6. The lowest BCUT2D eigenvalue weighted by Gasteiger charge is -2.14. The molecule has 1 amide bonds. The summed E-state index contributed by atoms with van der Waals surface area (Å²) < 4.78 is 4.88. The topological polar surface area (TPSA) is 42.4 Å². The summed E-state index contributed by atoms with van der Waals surface area (Å²) >= 11 is 0. The third-order valence-electron chi connectivity index (χ3n) is 2.15. The van der Waals surface area contributed by atoms with Gasteiger partial charge in [0.25, 0.3) is 0 Å². The van der Waals surface area contributed by atoms with Crippen molar-refractivity contribution in [3.63, 3.8) is 0 Å². The summed E-state index contributed by atoms with van der Waals surface area (Å²) in [5, 5.41) is 0. The number of cyclic esters (lactones) is 1. The van der Waals surface area contributed by atoms with E-state index in [4.69, 9.17) is 4.74 Å². The van der Waals surface area contributed by atoms with Crippen LogP contribution in [0.4, 0.5) is 4.79 Å². The number of rotatable bonds is 1. The molecular formula is C11H16N2O2. The maximum atomic E-state index is 11.0. The number of hydrogen-bond acceptors (Lipinski definition) is 3. The number of likely N-dealkylation sites (N-methyl/N-ethyl adjacent to an activating group) is 1. The average Bonchev–Trinajstić information content (AvgIpc) is 2.64. The van der Waals surface area contributed by atoms with Crippen LogP contribution < -0.4 is 0 Å². The van der Waals surface area contributed by atoms with Crippen LogP contribution in [0.2, 0.25) is 0 Å². The van der Waals surface area contributed by atoms with Gasteiger partial charge in [-0.1, -0.05) is 19.9 Å². The Kier molecular flexibility index (Phi) is 4.09. The maximum absolute atomic E-state index is 11.0. The molecule has 0 radical (unpaired) electrons. The van der Waals surface area contributed by atoms with E-state index in [9.17, 15) is 4.79 Å². The number of carbonyl (C=O) groups excluding carboxylic acids is 1. The minimum atomic E-state index is -0.282. The second-order valence-electron chi connectivity index (χ2n) is 2.96. The molecule has 15 heavy (non-hydrogen) atoms. The third kappa shape index (κ3) is 2.46. The maximum Gasteiger partial charge on any atom is 0.410 e. The van der Waals surface area contributed by atoms with Gasteiger partial charge in [0, 0.05) is 13.2 Å². The van der Waals surface area contributed by atoms with Gasteiger partial charge < -0.3 is 4.74 Å². The Morgan fingerprint density at radius 3 is 2.67 bits per heavy atom. The Morgan fingerprint density at radius 2 is 2.20 bits per heavy atom. The minimum Gasteiger partial charge on any atom is -0.447 e. The van der Waals surface area contributed by atoms with Crippen LogP contribution in [0.5, 0.6) is 0 Å². The average molecular weight is 208 g/mol. The lowest BCUT2D eigenvalue weighted by Crippen LogP contribution is -2.22. The highest BCUT2D eigenvalue weighted by Crippen LogP contribution is 2.23. The van der Waals surface area contributed by atoms with E-state index in [1.807, 2.05) is 32.0 Å². The molecule has 1 aromatic rings. The van der Waals surface area contributed by atoms with E-state index < -0.39 is 0 Å². The van der Waals surface area contributed by atoms with Gasteiger partial charge in [-0.25, -0.2) is 4.79 Å². The first-order chi connectivity index (χ1) is 7.29. The SMILES string of the molecule is CC.CN1C(=O)OCC1c1ccccn1. The van der Waals surface area contributed by atoms with E-state index in [1.165, 1.54) is 0 Å². The summed E-state index contributed by atoms with van der Waals surface area (Å²) in [5.41, 5.74) is 0.871. The summed E-state index contributed by atoms with van der Waals surface area (Å²) in [5.74, 6) is 0. The van der Waals surface area contributed by atoms with E-state index in [-0.39, 0.29) is 12.1 Å². The highest BCUT2D eigenvalue weighted by molar-refractivity contribution is 5.69. The van der Waals surface area contributed by atoms with Crippen LogP contribution in [-0.4, -0.2) is 29.6 Å². The number of amides is 1. The largest absolute Gasteiger partial charge is 0.447 e. The number of aromatic nitrogens is 1. The number of pyridine rings is 1. The molecule has 0 bridgehead atoms. The molecule has 0 saturated carbocycles. The van der Waals surface area contributed by atoms with Crippen molar-refractivity contribution in [2.24, 2.45) is 0 Å². The molecule has 0 spiro atoms. The van der Waals surface area contributed by atoms with Gasteiger partial charge in [0.2, 0.25) is 0 Å². The predicted octanol–water partition coefficient (Wildman–Crippen LogP) is 2.23. The molecule has 0 aromatic carbocycles. The van der Waals surface area contributed by atoms with Crippen molar-refractivity contribution >= 4 is 6.09 Å². The van der Waals surface area contributed by atoms with E-state index in [2.05, 4.69) is 4.98 Å². The van der Waals surface area contributed by atoms with Gasteiger partial charge in [0.1, 0.15) is 12.6 Å². The van der Waals surface area contributed by atoms with Crippen molar-refractivity contribution in [3.05, 3.63) is 30.1 Å². The van der Waals surface area contributed by atoms with E-state index in [1.54, 1.807) is 18.1 Å². The number of hydrogen-bond donors (Lipinski definition) is 0. The number of ether oxygens (including phenoxy) is 1. The molecule has 1 aliphatic rings. The molecule has 1 saturated heterocycles. The number of carbonyl (C=O) groups is 1. The summed E-state index contributed by atoms with van der Waals surface area (Å²) in [6.45, 7) is 4.40. The fourth-order valence-electron chi connectivity index (χ4n) is 1.35. The molecule has 1 aromatic heterocycles. The Bertz CT molecular complexity index is 314. The lowest BCUT2D eigenvalue weighted by atomic mass is 10.2. The van der Waals surface area contributed by atoms with Crippen molar-refractivity contribution in [1.29, 1.82) is 0 Å². The first-order valence-corrected chi connectivity index (χ1v) is 5.09. The molecular weight excluding hydrogens is 192 g/mol. The molecule has 0 N–H and O–H groups in total. The van der Waals surface area contributed by atoms with Crippen LogP contribution in [0.15, 0.2) is 24.4 Å². The predicted molar refractivity (Wildman–Crippen MR) is 57.4 cm³/mol. The van der Waals surface area contributed by atoms with Crippen molar-refractivity contribution in [2.75, 3.05) is 13.7 Å². The standard InChI is InChI=1S/C9H10N2O2.C2H6/c1-11-8(6-13-9(11)12)7-4-2-3-5-10-7;1-2/h2-5,8H,6H2,1H3;1-2H3. The van der Waals surface area contributed by atoms with Crippen LogP contribution in [0.3, 0.4) is 0 Å². The molecule has 1 fully saturated rings. The summed E-state index contributed by atoms with van der Waals surface area (Å²) in [6.07, 6.45) is 1.43. The van der Waals surface area contributed by atoms with Gasteiger partial charge in [-0.05, 0) is 12.1 Å². The van der Waals surface area contributed by atoms with E-state index in [0.29, 0.717) is 6.61 Å². The molecule has 4 heteroatoms. The van der Waals surface area contributed by atoms with Crippen LogP contribution in [0, 0.1) is 0 Å². The lowest BCUT2D eigenvalue weighted by molar-refractivity contribution is 0.163. The number of nitrogens with zero attached hydrogens (tertiary/aromatic N) is 2. The van der Waals surface area contributed by atoms with Crippen LogP contribution in [0.1, 0.15) is 25.6 Å². The zero-order valence-electron chi connectivity index (χ0n) is 9.30. The molecule has 2 heterocycles. The molecule has 2 rings (SSSR count). The van der Waals surface area contributed by atoms with Crippen molar-refractivity contribution < 1.29 is 9.53 Å². The normalized spacial score (nSPS) is 19.3. The van der Waals surface area contributed by atoms with Crippen molar-refractivity contribution in [3.8, 4) is 0 Å². The second-order valence-corrected chi connectivity index (χ2v) is 2.96. The Balaban J connectivity index is 0.000000531. The van der Waals surface area contributed by atoms with Gasteiger partial charge in [0.15, 0.2) is 0 Å². The molecule has 1 unspecified atom stereocenters. The first-order valence-electron chi connectivity index (χ1n) is 5.09. The van der Waals surface area contributed by atoms with E-state index in [0.717, 1.165) is 5.69 Å². The van der Waals surface area contributed by atoms with Crippen molar-refractivity contribution in [1.82, 2.24) is 9.88 Å². The molecule has 0 aliphatic carbocycles. The Morgan fingerprint density at radius 1 is 1.47 bits per heavy atom. The molecule has 4 nitrogen and oxygen atoms in total. The van der Waals surface area contributed by atoms with Crippen LogP contribution >= 0.6 is 0 Å². The highest BCUT2D eigenvalue weighted by Gasteiger charge is 2.31. The molecule has 1 atom stereocenters. The van der Waals surface area contributed by atoms with Gasteiger partial charge in [0.05, 0.1) is 5.69 Å². The fourth-order valence-corrected chi connectivity index (χ4v) is 1.35. The molecule has 1 aliphatic heterocycles. The van der Waals surface area contributed by atoms with Gasteiger partial charge in [-0.3, -0.25) is 9.88 Å². The monoisotopic (exact) mass is 208 g/mol. The fraction of sp³-hybridized carbons (Fsp3) is 0.455. The first kappa shape index (κ1) is 11.5. The smallest absolute Gasteiger partial charge is 0.410 e. The van der Waals surface area contributed by atoms with Gasteiger partial charge >= 0.3 is 6.09 Å². The van der Waals surface area contributed by atoms with Gasteiger partial charge in [-0.2, -0.15) is 0 Å². The zero-order valence-corrected chi connectivity index (χ0v) is 9.30. The summed E-state index contributed by atoms with van der Waals surface area (Å²) in [6, 6.07) is 5.61. The third-order valence-corrected chi connectivity index (χ3v) is 2.15. The summed E-state index contributed by atoms with van der Waals surface area (Å²) in [7, 11) is 1.72. The quantitative estimate of drug-likeness (QED) is 0.710. The molecule has 82 valence electrons. The van der Waals surface area contributed by atoms with Gasteiger partial charge in [-0.15, -0.1) is 0 Å². The Labute approximate surface area is 89.9 Å².